The van der Waals surface area contributed by atoms with Gasteiger partial charge in [-0.15, -0.1) is 0 Å². The van der Waals surface area contributed by atoms with E-state index in [-0.39, 0.29) is 0 Å². The first-order valence-electron chi connectivity index (χ1n) is 7.14. The molecule has 0 aliphatic carbocycles. The number of allylic oxidation sites excluding steroid dienone is 1. The number of pyridine rings is 1. The van der Waals surface area contributed by atoms with Crippen LogP contribution in [-0.2, 0) is 0 Å². The van der Waals surface area contributed by atoms with E-state index in [0.717, 1.165) is 38.8 Å². The van der Waals surface area contributed by atoms with Crippen LogP contribution < -0.4 is 5.73 Å². The Labute approximate surface area is 131 Å². The molecular weight excluding hydrogens is 288 g/mol. The molecule has 0 radical (unpaired) electrons. The van der Waals surface area contributed by atoms with Crippen LogP contribution in [0.4, 0.5) is 0 Å². The average molecular weight is 302 g/mol. The van der Waals surface area contributed by atoms with Crippen molar-refractivity contribution in [3.63, 3.8) is 0 Å². The van der Waals surface area contributed by atoms with Crippen LogP contribution in [0.15, 0.2) is 48.9 Å². The number of H-pyrrole nitrogens is 2. The van der Waals surface area contributed by atoms with Crippen molar-refractivity contribution in [2.45, 2.75) is 0 Å². The zero-order valence-corrected chi connectivity index (χ0v) is 12.2. The Morgan fingerprint density at radius 1 is 1.17 bits per heavy atom. The molecule has 1 aromatic carbocycles. The number of rotatable bonds is 3. The predicted molar refractivity (Wildman–Crippen MR) is 92.1 cm³/mol. The monoisotopic (exact) mass is 302 g/mol. The molecule has 3 aromatic heterocycles. The minimum atomic E-state index is 0.667. The summed E-state index contributed by atoms with van der Waals surface area (Å²) in [5.41, 5.74) is 10.8. The highest BCUT2D eigenvalue weighted by molar-refractivity contribution is 6.09. The van der Waals surface area contributed by atoms with Crippen molar-refractivity contribution < 1.29 is 0 Å². The van der Waals surface area contributed by atoms with Gasteiger partial charge in [0.15, 0.2) is 0 Å². The summed E-state index contributed by atoms with van der Waals surface area (Å²) in [7, 11) is 0. The van der Waals surface area contributed by atoms with Crippen molar-refractivity contribution in [1.82, 2.24) is 20.2 Å². The summed E-state index contributed by atoms with van der Waals surface area (Å²) in [4.78, 5) is 7.49. The zero-order valence-electron chi connectivity index (χ0n) is 12.2. The van der Waals surface area contributed by atoms with Crippen molar-refractivity contribution in [3.05, 3.63) is 54.5 Å². The number of hydrogen-bond acceptors (Lipinski definition) is 4. The Kier molecular flexibility index (Phi) is 2.94. The van der Waals surface area contributed by atoms with Gasteiger partial charge in [-0.3, -0.25) is 10.1 Å². The van der Waals surface area contributed by atoms with Gasteiger partial charge >= 0.3 is 0 Å². The van der Waals surface area contributed by atoms with Gasteiger partial charge in [-0.25, -0.2) is 0 Å². The number of aromatic nitrogens is 4. The van der Waals surface area contributed by atoms with Crippen molar-refractivity contribution >= 4 is 33.6 Å². The van der Waals surface area contributed by atoms with Crippen LogP contribution in [0.2, 0.25) is 0 Å². The number of nitrogens with one attached hydrogen (secondary N) is 3. The van der Waals surface area contributed by atoms with Gasteiger partial charge in [-0.1, -0.05) is 6.07 Å². The van der Waals surface area contributed by atoms with Gasteiger partial charge in [0.05, 0.1) is 11.2 Å². The molecule has 0 saturated heterocycles. The fourth-order valence-electron chi connectivity index (χ4n) is 2.73. The Balaban J connectivity index is 1.92. The number of fused-ring (bicyclic) bond motifs is 2. The number of nitrogens with zero attached hydrogens (tertiary/aromatic N) is 2. The topological polar surface area (TPSA) is 107 Å². The third-order valence-corrected chi connectivity index (χ3v) is 3.91. The predicted octanol–water partition coefficient (Wildman–Crippen LogP) is 3.06. The lowest BCUT2D eigenvalue weighted by Crippen LogP contribution is -1.90. The second-order valence-electron chi connectivity index (χ2n) is 5.24. The molecule has 112 valence electrons. The standard InChI is InChI=1S/C17H14N6/c18-7-12(8-19)10-1-2-15-13(5-10)17(23-22-15)16-6-11-9-20-4-3-14(11)21-16/h1-9,18,21H,19H2,(H,22,23). The van der Waals surface area contributed by atoms with Crippen molar-refractivity contribution in [2.75, 3.05) is 0 Å². The summed E-state index contributed by atoms with van der Waals surface area (Å²) in [5, 5.41) is 16.9. The number of benzene rings is 1. The summed E-state index contributed by atoms with van der Waals surface area (Å²) >= 11 is 0. The molecule has 0 fully saturated rings. The second kappa shape index (κ2) is 5.10. The summed E-state index contributed by atoms with van der Waals surface area (Å²) in [6.45, 7) is 0. The Morgan fingerprint density at radius 3 is 2.87 bits per heavy atom. The average Bonchev–Trinajstić information content (AvgIpc) is 3.19. The third-order valence-electron chi connectivity index (χ3n) is 3.91. The highest BCUT2D eigenvalue weighted by Gasteiger charge is 2.12. The molecule has 0 aliphatic rings. The Hall–Kier alpha value is -3.41. The molecule has 5 N–H and O–H groups in total. The highest BCUT2D eigenvalue weighted by Crippen LogP contribution is 2.30. The summed E-state index contributed by atoms with van der Waals surface area (Å²) in [6, 6.07) is 9.81. The van der Waals surface area contributed by atoms with Crippen LogP contribution in [0.5, 0.6) is 0 Å². The van der Waals surface area contributed by atoms with E-state index >= 15 is 0 Å². The van der Waals surface area contributed by atoms with E-state index in [9.17, 15) is 0 Å². The first-order chi connectivity index (χ1) is 11.3. The molecule has 0 unspecified atom stereocenters. The van der Waals surface area contributed by atoms with Crippen LogP contribution in [0, 0.1) is 5.41 Å². The highest BCUT2D eigenvalue weighted by atomic mass is 15.1. The molecule has 6 nitrogen and oxygen atoms in total. The molecule has 0 bridgehead atoms. The molecule has 4 aromatic rings. The maximum Gasteiger partial charge on any atom is 0.116 e. The van der Waals surface area contributed by atoms with Crippen LogP contribution in [-0.4, -0.2) is 26.4 Å². The van der Waals surface area contributed by atoms with E-state index in [0.29, 0.717) is 5.57 Å². The van der Waals surface area contributed by atoms with Gasteiger partial charge in [0.1, 0.15) is 5.69 Å². The van der Waals surface area contributed by atoms with Crippen LogP contribution in [0.25, 0.3) is 38.8 Å². The van der Waals surface area contributed by atoms with E-state index in [4.69, 9.17) is 11.1 Å². The molecule has 23 heavy (non-hydrogen) atoms. The molecule has 6 heteroatoms. The largest absolute Gasteiger partial charge is 0.404 e. The molecular formula is C17H14N6. The van der Waals surface area contributed by atoms with E-state index in [2.05, 4.69) is 20.2 Å². The lowest BCUT2D eigenvalue weighted by molar-refractivity contribution is 1.12. The van der Waals surface area contributed by atoms with Gasteiger partial charge < -0.3 is 16.1 Å². The van der Waals surface area contributed by atoms with Crippen LogP contribution >= 0.6 is 0 Å². The minimum absolute atomic E-state index is 0.667. The van der Waals surface area contributed by atoms with Crippen molar-refractivity contribution in [1.29, 1.82) is 5.41 Å². The number of hydrogen-bond donors (Lipinski definition) is 4. The van der Waals surface area contributed by atoms with Gasteiger partial charge in [0, 0.05) is 46.7 Å². The van der Waals surface area contributed by atoms with E-state index in [1.807, 2.05) is 36.5 Å². The van der Waals surface area contributed by atoms with Gasteiger partial charge in [0.25, 0.3) is 0 Å². The van der Waals surface area contributed by atoms with Crippen LogP contribution in [0.3, 0.4) is 0 Å². The minimum Gasteiger partial charge on any atom is -0.404 e. The Morgan fingerprint density at radius 2 is 2.09 bits per heavy atom. The van der Waals surface area contributed by atoms with E-state index < -0.39 is 0 Å². The van der Waals surface area contributed by atoms with Gasteiger partial charge in [-0.05, 0) is 29.8 Å². The fourth-order valence-corrected chi connectivity index (χ4v) is 2.73. The molecule has 0 atom stereocenters. The number of aromatic amines is 2. The lowest BCUT2D eigenvalue weighted by atomic mass is 10.0. The molecule has 0 aliphatic heterocycles. The summed E-state index contributed by atoms with van der Waals surface area (Å²) in [5.74, 6) is 0. The maximum absolute atomic E-state index is 7.45. The summed E-state index contributed by atoms with van der Waals surface area (Å²) in [6.07, 6.45) is 6.25. The summed E-state index contributed by atoms with van der Waals surface area (Å²) < 4.78 is 0. The first kappa shape index (κ1) is 13.3. The second-order valence-corrected chi connectivity index (χ2v) is 5.24. The third kappa shape index (κ3) is 2.08. The van der Waals surface area contributed by atoms with E-state index in [1.165, 1.54) is 12.4 Å². The first-order valence-corrected chi connectivity index (χ1v) is 7.14. The van der Waals surface area contributed by atoms with E-state index in [1.54, 1.807) is 6.20 Å². The van der Waals surface area contributed by atoms with Gasteiger partial charge in [-0.2, -0.15) is 5.10 Å². The zero-order chi connectivity index (χ0) is 15.8. The Bertz CT molecular complexity index is 1020. The molecule has 0 spiro atoms. The maximum atomic E-state index is 7.45. The molecule has 4 rings (SSSR count). The van der Waals surface area contributed by atoms with Crippen molar-refractivity contribution in [2.24, 2.45) is 5.73 Å². The lowest BCUT2D eigenvalue weighted by Gasteiger charge is -2.01. The van der Waals surface area contributed by atoms with Gasteiger partial charge in [0.2, 0.25) is 0 Å². The molecule has 0 amide bonds. The number of nitrogens with two attached hydrogens (primary N) is 1. The molecule has 3 heterocycles. The van der Waals surface area contributed by atoms with Crippen LogP contribution in [0.1, 0.15) is 5.56 Å². The fraction of sp³-hybridized carbons (Fsp3) is 0. The van der Waals surface area contributed by atoms with Crippen molar-refractivity contribution in [3.8, 4) is 11.4 Å². The smallest absolute Gasteiger partial charge is 0.116 e. The quantitative estimate of drug-likeness (QED) is 0.437. The normalized spacial score (nSPS) is 12.1. The SMILES string of the molecule is N=CC(=CN)c1ccc2[nH]nc(-c3cc4cnccc4[nH]3)c2c1. The molecule has 0 saturated carbocycles.